The van der Waals surface area contributed by atoms with Gasteiger partial charge in [-0.1, -0.05) is 0 Å². The summed E-state index contributed by atoms with van der Waals surface area (Å²) in [6, 6.07) is 0. The zero-order valence-corrected chi connectivity index (χ0v) is 14.5. The number of likely N-dealkylation sites (tertiary alicyclic amines) is 1. The molecule has 7 nitrogen and oxygen atoms in total. The number of hydrogen-bond donors (Lipinski definition) is 0. The van der Waals surface area contributed by atoms with Crippen molar-refractivity contribution in [3.63, 3.8) is 0 Å². The van der Waals surface area contributed by atoms with Crippen LogP contribution in [0.1, 0.15) is 35.2 Å². The third-order valence-corrected chi connectivity index (χ3v) is 5.34. The molecule has 1 amide bonds. The second-order valence-corrected chi connectivity index (χ2v) is 7.21. The molecule has 0 unspecified atom stereocenters. The van der Waals surface area contributed by atoms with Crippen LogP contribution in [0.25, 0.3) is 0 Å². The van der Waals surface area contributed by atoms with Crippen LogP contribution in [-0.2, 0) is 18.2 Å². The Kier molecular flexibility index (Phi) is 4.25. The smallest absolute Gasteiger partial charge is 0.257 e. The standard InChI is InChI=1S/C18H23N5O2/c1-22-11-16(10-21-22)17(24)23-4-2-18(3-5-23)7-14(12-25-18)6-15-8-19-13-20-9-15/h8-11,13-14H,2-7,12H2,1H3/t14-/m1/s1. The maximum Gasteiger partial charge on any atom is 0.257 e. The molecule has 2 fully saturated rings. The molecule has 2 saturated heterocycles. The number of ether oxygens (including phenoxy) is 1. The molecule has 0 bridgehead atoms. The lowest BCUT2D eigenvalue weighted by Crippen LogP contribution is -2.46. The fraction of sp³-hybridized carbons (Fsp3) is 0.556. The molecule has 0 aromatic carbocycles. The SMILES string of the molecule is Cn1cc(C(=O)N2CCC3(CC2)C[C@@H](Cc2cncnc2)CO3)cn1. The van der Waals surface area contributed by atoms with Crippen LogP contribution in [0.3, 0.4) is 0 Å². The number of amides is 1. The van der Waals surface area contributed by atoms with Gasteiger partial charge >= 0.3 is 0 Å². The number of carbonyl (C=O) groups excluding carboxylic acids is 1. The van der Waals surface area contributed by atoms with Gasteiger partial charge in [-0.15, -0.1) is 0 Å². The number of piperidine rings is 1. The molecule has 2 aliphatic rings. The van der Waals surface area contributed by atoms with Crippen molar-refractivity contribution in [2.75, 3.05) is 19.7 Å². The monoisotopic (exact) mass is 341 g/mol. The first-order chi connectivity index (χ1) is 12.1. The topological polar surface area (TPSA) is 73.1 Å². The number of nitrogens with zero attached hydrogens (tertiary/aromatic N) is 5. The van der Waals surface area contributed by atoms with Gasteiger partial charge < -0.3 is 9.64 Å². The van der Waals surface area contributed by atoms with Crippen molar-refractivity contribution in [1.82, 2.24) is 24.6 Å². The van der Waals surface area contributed by atoms with E-state index < -0.39 is 0 Å². The number of aromatic nitrogens is 4. The van der Waals surface area contributed by atoms with Crippen LogP contribution in [0, 0.1) is 5.92 Å². The first-order valence-electron chi connectivity index (χ1n) is 8.79. The summed E-state index contributed by atoms with van der Waals surface area (Å²) < 4.78 is 7.87. The van der Waals surface area contributed by atoms with Crippen molar-refractivity contribution in [1.29, 1.82) is 0 Å². The summed E-state index contributed by atoms with van der Waals surface area (Å²) in [4.78, 5) is 22.6. The van der Waals surface area contributed by atoms with E-state index in [1.807, 2.05) is 24.3 Å². The third kappa shape index (κ3) is 3.42. The molecule has 0 saturated carbocycles. The number of carbonyl (C=O) groups is 1. The van der Waals surface area contributed by atoms with E-state index in [9.17, 15) is 4.79 Å². The summed E-state index contributed by atoms with van der Waals surface area (Å²) in [7, 11) is 1.83. The van der Waals surface area contributed by atoms with Crippen LogP contribution in [0.15, 0.2) is 31.1 Å². The van der Waals surface area contributed by atoms with Gasteiger partial charge in [0.15, 0.2) is 0 Å². The minimum absolute atomic E-state index is 0.0635. The molecular formula is C18H23N5O2. The second-order valence-electron chi connectivity index (χ2n) is 7.21. The minimum Gasteiger partial charge on any atom is -0.375 e. The summed E-state index contributed by atoms with van der Waals surface area (Å²) in [6.45, 7) is 2.27. The number of aryl methyl sites for hydroxylation is 1. The minimum atomic E-state index is -0.0635. The van der Waals surface area contributed by atoms with Gasteiger partial charge in [0.2, 0.25) is 0 Å². The van der Waals surface area contributed by atoms with Gasteiger partial charge in [-0.25, -0.2) is 9.97 Å². The average molecular weight is 341 g/mol. The second kappa shape index (κ2) is 6.55. The zero-order chi connectivity index (χ0) is 17.3. The molecule has 7 heteroatoms. The molecule has 25 heavy (non-hydrogen) atoms. The third-order valence-electron chi connectivity index (χ3n) is 5.34. The Morgan fingerprint density at radius 1 is 1.28 bits per heavy atom. The van der Waals surface area contributed by atoms with E-state index in [-0.39, 0.29) is 11.5 Å². The Morgan fingerprint density at radius 3 is 2.72 bits per heavy atom. The molecule has 4 rings (SSSR count). The Balaban J connectivity index is 1.33. The van der Waals surface area contributed by atoms with Gasteiger partial charge in [-0.2, -0.15) is 5.10 Å². The molecule has 0 radical (unpaired) electrons. The normalized spacial score (nSPS) is 22.4. The van der Waals surface area contributed by atoms with Crippen molar-refractivity contribution in [3.8, 4) is 0 Å². The first-order valence-corrected chi connectivity index (χ1v) is 8.79. The maximum atomic E-state index is 12.5. The molecule has 4 heterocycles. The van der Waals surface area contributed by atoms with E-state index in [0.29, 0.717) is 11.5 Å². The van der Waals surface area contributed by atoms with Gasteiger partial charge in [-0.3, -0.25) is 9.48 Å². The Bertz CT molecular complexity index is 737. The first kappa shape index (κ1) is 16.2. The van der Waals surface area contributed by atoms with Gasteiger partial charge in [-0.05, 0) is 37.2 Å². The lowest BCUT2D eigenvalue weighted by Gasteiger charge is -2.38. The number of hydrogen-bond acceptors (Lipinski definition) is 5. The predicted octanol–water partition coefficient (Wildman–Crippen LogP) is 1.46. The fourth-order valence-electron chi connectivity index (χ4n) is 4.02. The molecule has 0 N–H and O–H groups in total. The quantitative estimate of drug-likeness (QED) is 0.845. The molecule has 2 aromatic rings. The largest absolute Gasteiger partial charge is 0.375 e. The molecule has 1 atom stereocenters. The molecule has 132 valence electrons. The summed E-state index contributed by atoms with van der Waals surface area (Å²) in [5.41, 5.74) is 1.76. The van der Waals surface area contributed by atoms with E-state index >= 15 is 0 Å². The van der Waals surface area contributed by atoms with E-state index in [4.69, 9.17) is 4.74 Å². The van der Waals surface area contributed by atoms with Crippen molar-refractivity contribution in [3.05, 3.63) is 42.2 Å². The summed E-state index contributed by atoms with van der Waals surface area (Å²) in [6.07, 6.45) is 12.6. The molecule has 2 aliphatic heterocycles. The Labute approximate surface area is 147 Å². The predicted molar refractivity (Wildman–Crippen MR) is 90.9 cm³/mol. The van der Waals surface area contributed by atoms with Gasteiger partial charge in [0, 0.05) is 38.7 Å². The average Bonchev–Trinajstić information content (AvgIpc) is 3.23. The van der Waals surface area contributed by atoms with Crippen molar-refractivity contribution in [2.45, 2.75) is 31.3 Å². The van der Waals surface area contributed by atoms with E-state index in [1.165, 1.54) is 0 Å². The summed E-state index contributed by atoms with van der Waals surface area (Å²) in [5.74, 6) is 0.575. The zero-order valence-electron chi connectivity index (χ0n) is 14.5. The van der Waals surface area contributed by atoms with Gasteiger partial charge in [0.05, 0.1) is 24.0 Å². The Hall–Kier alpha value is -2.28. The molecule has 1 spiro atoms. The van der Waals surface area contributed by atoms with Crippen LogP contribution < -0.4 is 0 Å². The molecular weight excluding hydrogens is 318 g/mol. The van der Waals surface area contributed by atoms with Crippen LogP contribution in [0.5, 0.6) is 0 Å². The van der Waals surface area contributed by atoms with Crippen LogP contribution >= 0.6 is 0 Å². The van der Waals surface area contributed by atoms with Crippen LogP contribution in [0.4, 0.5) is 0 Å². The van der Waals surface area contributed by atoms with Crippen LogP contribution in [0.2, 0.25) is 0 Å². The highest BCUT2D eigenvalue weighted by atomic mass is 16.5. The maximum absolute atomic E-state index is 12.5. The highest BCUT2D eigenvalue weighted by Crippen LogP contribution is 2.39. The van der Waals surface area contributed by atoms with Gasteiger partial charge in [0.25, 0.3) is 5.91 Å². The summed E-state index contributed by atoms with van der Waals surface area (Å²) >= 11 is 0. The van der Waals surface area contributed by atoms with Crippen molar-refractivity contribution in [2.24, 2.45) is 13.0 Å². The molecule has 2 aromatic heterocycles. The fourth-order valence-corrected chi connectivity index (χ4v) is 4.02. The number of rotatable bonds is 3. The van der Waals surface area contributed by atoms with Crippen LogP contribution in [-0.4, -0.2) is 55.9 Å². The Morgan fingerprint density at radius 2 is 2.04 bits per heavy atom. The lowest BCUT2D eigenvalue weighted by molar-refractivity contribution is -0.0391. The van der Waals surface area contributed by atoms with E-state index in [2.05, 4.69) is 15.1 Å². The van der Waals surface area contributed by atoms with E-state index in [0.717, 1.165) is 50.9 Å². The van der Waals surface area contributed by atoms with Crippen molar-refractivity contribution < 1.29 is 9.53 Å². The highest BCUT2D eigenvalue weighted by molar-refractivity contribution is 5.93. The van der Waals surface area contributed by atoms with Crippen molar-refractivity contribution >= 4 is 5.91 Å². The molecule has 0 aliphatic carbocycles. The lowest BCUT2D eigenvalue weighted by atomic mass is 9.83. The highest BCUT2D eigenvalue weighted by Gasteiger charge is 2.43. The van der Waals surface area contributed by atoms with E-state index in [1.54, 1.807) is 23.4 Å². The van der Waals surface area contributed by atoms with Gasteiger partial charge in [0.1, 0.15) is 6.33 Å². The summed E-state index contributed by atoms with van der Waals surface area (Å²) in [5, 5.41) is 4.09.